The summed E-state index contributed by atoms with van der Waals surface area (Å²) in [6.07, 6.45) is 17.2. The lowest BCUT2D eigenvalue weighted by Crippen LogP contribution is -2.02. The molecule has 0 fully saturated rings. The van der Waals surface area contributed by atoms with Gasteiger partial charge in [-0.3, -0.25) is 0 Å². The molecule has 2 heteroatoms. The van der Waals surface area contributed by atoms with E-state index in [-0.39, 0.29) is 0 Å². The van der Waals surface area contributed by atoms with Crippen LogP contribution in [0.15, 0.2) is 0 Å². The quantitative estimate of drug-likeness (QED) is 0.268. The van der Waals surface area contributed by atoms with Crippen LogP contribution in [0.4, 0.5) is 0 Å². The summed E-state index contributed by atoms with van der Waals surface area (Å²) in [5, 5.41) is 0.801. The zero-order valence-electron chi connectivity index (χ0n) is 13.2. The molecule has 0 saturated heterocycles. The van der Waals surface area contributed by atoms with Gasteiger partial charge in [-0.15, -0.1) is 0 Å². The van der Waals surface area contributed by atoms with Gasteiger partial charge < -0.3 is 4.74 Å². The fraction of sp³-hybridized carbons (Fsp3) is 0.941. The average molecular weight is 287 g/mol. The van der Waals surface area contributed by atoms with E-state index in [0.29, 0.717) is 0 Å². The Bertz CT molecular complexity index is 192. The number of unbranched alkanes of at least 4 members (excludes halogenated alkanes) is 10. The first-order valence-corrected chi connectivity index (χ1v) is 8.87. The van der Waals surface area contributed by atoms with E-state index in [1.54, 1.807) is 0 Å². The van der Waals surface area contributed by atoms with Crippen molar-refractivity contribution in [2.45, 2.75) is 97.3 Å². The number of thiocarbonyl (C=S) groups is 1. The summed E-state index contributed by atoms with van der Waals surface area (Å²) < 4.78 is 5.50. The molecule has 0 N–H and O–H groups in total. The van der Waals surface area contributed by atoms with E-state index in [0.717, 1.165) is 24.5 Å². The fourth-order valence-electron chi connectivity index (χ4n) is 2.23. The van der Waals surface area contributed by atoms with Crippen molar-refractivity contribution >= 4 is 17.3 Å². The lowest BCUT2D eigenvalue weighted by molar-refractivity contribution is 0.291. The highest BCUT2D eigenvalue weighted by atomic mass is 32.1. The van der Waals surface area contributed by atoms with Crippen molar-refractivity contribution in [3.63, 3.8) is 0 Å². The van der Waals surface area contributed by atoms with E-state index >= 15 is 0 Å². The lowest BCUT2D eigenvalue weighted by Gasteiger charge is -2.06. The van der Waals surface area contributed by atoms with Crippen molar-refractivity contribution in [3.05, 3.63) is 0 Å². The molecule has 0 unspecified atom stereocenters. The predicted octanol–water partition coefficient (Wildman–Crippen LogP) is 6.44. The molecular formula is C17H34OS. The van der Waals surface area contributed by atoms with Gasteiger partial charge in [0.15, 0.2) is 5.05 Å². The number of hydrogen-bond donors (Lipinski definition) is 0. The van der Waals surface area contributed by atoms with Crippen molar-refractivity contribution in [1.29, 1.82) is 0 Å². The second kappa shape index (κ2) is 15.9. The van der Waals surface area contributed by atoms with Crippen LogP contribution in [0.25, 0.3) is 0 Å². The van der Waals surface area contributed by atoms with Crippen LogP contribution in [-0.2, 0) is 4.74 Å². The van der Waals surface area contributed by atoms with E-state index < -0.39 is 0 Å². The zero-order chi connectivity index (χ0) is 14.2. The minimum Gasteiger partial charge on any atom is -0.487 e. The Kier molecular flexibility index (Phi) is 15.9. The first kappa shape index (κ1) is 18.9. The first-order chi connectivity index (χ1) is 9.31. The van der Waals surface area contributed by atoms with Crippen LogP contribution in [0.1, 0.15) is 97.3 Å². The smallest absolute Gasteiger partial charge is 0.159 e. The van der Waals surface area contributed by atoms with Crippen LogP contribution in [-0.4, -0.2) is 11.7 Å². The fourth-order valence-corrected chi connectivity index (χ4v) is 2.52. The Morgan fingerprint density at radius 3 is 1.63 bits per heavy atom. The van der Waals surface area contributed by atoms with Gasteiger partial charge in [-0.25, -0.2) is 0 Å². The van der Waals surface area contributed by atoms with Crippen LogP contribution >= 0.6 is 12.2 Å². The molecule has 0 saturated carbocycles. The summed E-state index contributed by atoms with van der Waals surface area (Å²) >= 11 is 5.11. The van der Waals surface area contributed by atoms with Gasteiger partial charge in [-0.1, -0.05) is 78.1 Å². The summed E-state index contributed by atoms with van der Waals surface area (Å²) in [7, 11) is 0. The Morgan fingerprint density at radius 2 is 1.16 bits per heavy atom. The van der Waals surface area contributed by atoms with E-state index in [1.165, 1.54) is 70.6 Å². The molecule has 0 atom stereocenters. The van der Waals surface area contributed by atoms with Gasteiger partial charge in [0.05, 0.1) is 6.61 Å². The van der Waals surface area contributed by atoms with Crippen LogP contribution in [0.5, 0.6) is 0 Å². The third-order valence-corrected chi connectivity index (χ3v) is 3.79. The third kappa shape index (κ3) is 15.8. The molecule has 0 bridgehead atoms. The normalized spacial score (nSPS) is 10.6. The zero-order valence-corrected chi connectivity index (χ0v) is 14.0. The van der Waals surface area contributed by atoms with Crippen LogP contribution in [0, 0.1) is 0 Å². The second-order valence-electron chi connectivity index (χ2n) is 5.51. The van der Waals surface area contributed by atoms with E-state index in [4.69, 9.17) is 17.0 Å². The lowest BCUT2D eigenvalue weighted by atomic mass is 10.1. The molecule has 0 spiro atoms. The Hall–Kier alpha value is -0.110. The van der Waals surface area contributed by atoms with Crippen molar-refractivity contribution in [1.82, 2.24) is 0 Å². The van der Waals surface area contributed by atoms with Crippen LogP contribution in [0.3, 0.4) is 0 Å². The third-order valence-electron chi connectivity index (χ3n) is 3.47. The molecule has 0 heterocycles. The summed E-state index contributed by atoms with van der Waals surface area (Å²) in [6, 6.07) is 0. The summed E-state index contributed by atoms with van der Waals surface area (Å²) in [5.41, 5.74) is 0. The monoisotopic (exact) mass is 286 g/mol. The van der Waals surface area contributed by atoms with Crippen LogP contribution < -0.4 is 0 Å². The number of rotatable bonds is 14. The highest BCUT2D eigenvalue weighted by Crippen LogP contribution is 2.11. The van der Waals surface area contributed by atoms with Crippen molar-refractivity contribution in [3.8, 4) is 0 Å². The summed E-state index contributed by atoms with van der Waals surface area (Å²) in [5.74, 6) is 0. The topological polar surface area (TPSA) is 9.23 Å². The molecule has 0 aliphatic rings. The molecule has 0 radical (unpaired) electrons. The molecular weight excluding hydrogens is 252 g/mol. The van der Waals surface area contributed by atoms with Crippen molar-refractivity contribution < 1.29 is 4.74 Å². The maximum absolute atomic E-state index is 5.50. The van der Waals surface area contributed by atoms with Gasteiger partial charge in [0, 0.05) is 6.42 Å². The Morgan fingerprint density at radius 1 is 0.684 bits per heavy atom. The Labute approximate surface area is 126 Å². The predicted molar refractivity (Wildman–Crippen MR) is 89.9 cm³/mol. The molecule has 114 valence electrons. The van der Waals surface area contributed by atoms with Gasteiger partial charge >= 0.3 is 0 Å². The average Bonchev–Trinajstić information content (AvgIpc) is 2.40. The van der Waals surface area contributed by atoms with Crippen LogP contribution in [0.2, 0.25) is 0 Å². The van der Waals surface area contributed by atoms with Gasteiger partial charge in [0.25, 0.3) is 0 Å². The molecule has 1 nitrogen and oxygen atoms in total. The molecule has 0 aromatic rings. The molecule has 0 rings (SSSR count). The maximum Gasteiger partial charge on any atom is 0.159 e. The standard InChI is InChI=1S/C17H34OS/c1-3-5-6-7-8-9-10-11-12-13-14-16-18-17(19)15-4-2/h3-16H2,1-2H3. The molecule has 0 aromatic heterocycles. The molecule has 0 amide bonds. The van der Waals surface area contributed by atoms with E-state index in [1.807, 2.05) is 0 Å². The van der Waals surface area contributed by atoms with Gasteiger partial charge in [-0.2, -0.15) is 0 Å². The summed E-state index contributed by atoms with van der Waals surface area (Å²) in [6.45, 7) is 5.24. The van der Waals surface area contributed by atoms with E-state index in [9.17, 15) is 0 Å². The van der Waals surface area contributed by atoms with E-state index in [2.05, 4.69) is 13.8 Å². The molecule has 0 aliphatic heterocycles. The van der Waals surface area contributed by atoms with Crippen molar-refractivity contribution in [2.75, 3.05) is 6.61 Å². The first-order valence-electron chi connectivity index (χ1n) is 8.46. The number of ether oxygens (including phenoxy) is 1. The van der Waals surface area contributed by atoms with Gasteiger partial charge in [0.2, 0.25) is 0 Å². The summed E-state index contributed by atoms with van der Waals surface area (Å²) in [4.78, 5) is 0. The van der Waals surface area contributed by atoms with Gasteiger partial charge in [0.1, 0.15) is 0 Å². The van der Waals surface area contributed by atoms with Gasteiger partial charge in [-0.05, 0) is 25.1 Å². The minimum absolute atomic E-state index is 0.801. The second-order valence-corrected chi connectivity index (χ2v) is 5.96. The SMILES string of the molecule is CCCCCCCCCCCCCOC(=S)CCC. The largest absolute Gasteiger partial charge is 0.487 e. The van der Waals surface area contributed by atoms with Crippen molar-refractivity contribution in [2.24, 2.45) is 0 Å². The molecule has 19 heavy (non-hydrogen) atoms. The molecule has 0 aliphatic carbocycles. The highest BCUT2D eigenvalue weighted by molar-refractivity contribution is 7.80. The minimum atomic E-state index is 0.801. The highest BCUT2D eigenvalue weighted by Gasteiger charge is 1.96. The Balaban J connectivity index is 3.01. The number of hydrogen-bond acceptors (Lipinski definition) is 2. The molecule has 0 aromatic carbocycles. The maximum atomic E-state index is 5.50.